The third kappa shape index (κ3) is 7.09. The van der Waals surface area contributed by atoms with Crippen molar-refractivity contribution in [3.63, 3.8) is 0 Å². The van der Waals surface area contributed by atoms with Gasteiger partial charge in [-0.05, 0) is 34.4 Å². The number of hydrogen-bond acceptors (Lipinski definition) is 4. The van der Waals surface area contributed by atoms with Crippen molar-refractivity contribution in [2.24, 2.45) is 10.8 Å². The van der Waals surface area contributed by atoms with Crippen LogP contribution in [0, 0.1) is 10.8 Å². The third-order valence-corrected chi connectivity index (χ3v) is 4.91. The molecular weight excluding hydrogens is 397 g/mol. The van der Waals surface area contributed by atoms with E-state index in [1.54, 1.807) is 12.1 Å². The van der Waals surface area contributed by atoms with Gasteiger partial charge in [0.15, 0.2) is 0 Å². The number of esters is 1. The van der Waals surface area contributed by atoms with Crippen LogP contribution in [0.3, 0.4) is 0 Å². The van der Waals surface area contributed by atoms with Crippen LogP contribution in [0.1, 0.15) is 63.4 Å². The highest BCUT2D eigenvalue weighted by Crippen LogP contribution is 2.47. The number of halogens is 3. The van der Waals surface area contributed by atoms with Gasteiger partial charge >= 0.3 is 12.1 Å². The van der Waals surface area contributed by atoms with Gasteiger partial charge in [0, 0.05) is 0 Å². The molecule has 0 aliphatic heterocycles. The third-order valence-electron chi connectivity index (χ3n) is 4.19. The molecule has 1 aromatic carbocycles. The summed E-state index contributed by atoms with van der Waals surface area (Å²) in [5, 5.41) is 0. The van der Waals surface area contributed by atoms with E-state index >= 15 is 0 Å². The molecule has 0 radical (unpaired) electrons. The summed E-state index contributed by atoms with van der Waals surface area (Å²) in [5.41, 5.74) is 0.575. The molecule has 0 aromatic heterocycles. The lowest BCUT2D eigenvalue weighted by molar-refractivity contribution is -0.197. The van der Waals surface area contributed by atoms with Gasteiger partial charge in [0.05, 0.1) is 5.56 Å². The lowest BCUT2D eigenvalue weighted by Crippen LogP contribution is -2.39. The number of alkyl halides is 3. The second kappa shape index (κ2) is 8.02. The largest absolute Gasteiger partial charge is 0.448 e. The van der Waals surface area contributed by atoms with Crippen LogP contribution in [0.25, 0.3) is 0 Å². The van der Waals surface area contributed by atoms with Crippen LogP contribution in [0.15, 0.2) is 24.3 Å². The molecule has 0 bridgehead atoms. The SMILES string of the molecule is CC(C)(C)C(c1ccc(C(=O)OC(CS(=O)(=O)O)C(F)(F)F)cc1)C(C)(C)C. The predicted molar refractivity (Wildman–Crippen MR) is 99.8 cm³/mol. The molecule has 0 saturated heterocycles. The minimum Gasteiger partial charge on any atom is -0.448 e. The minimum absolute atomic E-state index is 0.100. The van der Waals surface area contributed by atoms with E-state index in [4.69, 9.17) is 4.55 Å². The molecule has 0 heterocycles. The van der Waals surface area contributed by atoms with Gasteiger partial charge in [-0.1, -0.05) is 53.7 Å². The fraction of sp³-hybridized carbons (Fsp3) is 0.632. The maximum atomic E-state index is 12.9. The number of rotatable bonds is 5. The Morgan fingerprint density at radius 1 is 1.00 bits per heavy atom. The van der Waals surface area contributed by atoms with Gasteiger partial charge in [-0.25, -0.2) is 4.79 Å². The highest BCUT2D eigenvalue weighted by atomic mass is 32.2. The molecule has 0 amide bonds. The Bertz CT molecular complexity index is 771. The Morgan fingerprint density at radius 3 is 1.75 bits per heavy atom. The first-order valence-corrected chi connectivity index (χ1v) is 10.3. The average Bonchev–Trinajstić information content (AvgIpc) is 2.41. The molecule has 0 spiro atoms. The summed E-state index contributed by atoms with van der Waals surface area (Å²) in [6.07, 6.45) is -8.08. The molecule has 1 aromatic rings. The van der Waals surface area contributed by atoms with Crippen molar-refractivity contribution in [2.75, 3.05) is 5.75 Å². The van der Waals surface area contributed by atoms with Crippen molar-refractivity contribution >= 4 is 16.1 Å². The van der Waals surface area contributed by atoms with Gasteiger partial charge in [-0.3, -0.25) is 4.55 Å². The molecule has 0 aliphatic carbocycles. The first kappa shape index (κ1) is 24.4. The van der Waals surface area contributed by atoms with E-state index in [0.717, 1.165) is 5.56 Å². The molecule has 5 nitrogen and oxygen atoms in total. The van der Waals surface area contributed by atoms with E-state index in [0.29, 0.717) is 0 Å². The Hall–Kier alpha value is -1.61. The molecule has 160 valence electrons. The molecular formula is C19H27F3O5S. The van der Waals surface area contributed by atoms with Gasteiger partial charge in [0.1, 0.15) is 5.75 Å². The normalized spacial score (nSPS) is 14.8. The molecule has 1 unspecified atom stereocenters. The highest BCUT2D eigenvalue weighted by molar-refractivity contribution is 7.85. The van der Waals surface area contributed by atoms with Crippen LogP contribution in [-0.4, -0.2) is 37.0 Å². The summed E-state index contributed by atoms with van der Waals surface area (Å²) in [4.78, 5) is 12.1. The zero-order valence-corrected chi connectivity index (χ0v) is 17.6. The molecule has 1 N–H and O–H groups in total. The molecule has 0 fully saturated rings. The van der Waals surface area contributed by atoms with Crippen molar-refractivity contribution in [3.05, 3.63) is 35.4 Å². The molecule has 1 rings (SSSR count). The molecule has 1 atom stereocenters. The first-order valence-electron chi connectivity index (χ1n) is 8.65. The summed E-state index contributed by atoms with van der Waals surface area (Å²) in [5.74, 6) is -2.97. The van der Waals surface area contributed by atoms with Crippen molar-refractivity contribution in [1.29, 1.82) is 0 Å². The van der Waals surface area contributed by atoms with Crippen molar-refractivity contribution < 1.29 is 35.7 Å². The summed E-state index contributed by atoms with van der Waals surface area (Å²) < 4.78 is 73.2. The minimum atomic E-state index is -5.13. The van der Waals surface area contributed by atoms with E-state index in [1.165, 1.54) is 12.1 Å². The lowest BCUT2D eigenvalue weighted by Gasteiger charge is -2.41. The maximum absolute atomic E-state index is 12.9. The summed E-state index contributed by atoms with van der Waals surface area (Å²) in [6, 6.07) is 6.01. The second-order valence-electron chi connectivity index (χ2n) is 8.97. The Kier molecular flexibility index (Phi) is 7.00. The van der Waals surface area contributed by atoms with E-state index in [-0.39, 0.29) is 22.3 Å². The van der Waals surface area contributed by atoms with E-state index in [9.17, 15) is 26.4 Å². The number of benzene rings is 1. The van der Waals surface area contributed by atoms with Crippen LogP contribution in [0.5, 0.6) is 0 Å². The number of carbonyl (C=O) groups excluding carboxylic acids is 1. The van der Waals surface area contributed by atoms with E-state index < -0.39 is 34.1 Å². The molecule has 28 heavy (non-hydrogen) atoms. The monoisotopic (exact) mass is 424 g/mol. The number of hydrogen-bond donors (Lipinski definition) is 1. The topological polar surface area (TPSA) is 80.7 Å². The van der Waals surface area contributed by atoms with Gasteiger partial charge < -0.3 is 4.74 Å². The Labute approximate surface area is 164 Å². The quantitative estimate of drug-likeness (QED) is 0.540. The second-order valence-corrected chi connectivity index (χ2v) is 10.5. The van der Waals surface area contributed by atoms with Gasteiger partial charge in [-0.2, -0.15) is 21.6 Å². The van der Waals surface area contributed by atoms with Crippen LogP contribution in [0.4, 0.5) is 13.2 Å². The number of carbonyl (C=O) groups is 1. The fourth-order valence-electron chi connectivity index (χ4n) is 3.69. The van der Waals surface area contributed by atoms with Crippen LogP contribution in [-0.2, 0) is 14.9 Å². The van der Waals surface area contributed by atoms with Gasteiger partial charge in [-0.15, -0.1) is 0 Å². The average molecular weight is 424 g/mol. The maximum Gasteiger partial charge on any atom is 0.426 e. The summed E-state index contributed by atoms with van der Waals surface area (Å²) >= 11 is 0. The van der Waals surface area contributed by atoms with E-state index in [1.807, 2.05) is 0 Å². The highest BCUT2D eigenvalue weighted by Gasteiger charge is 2.45. The zero-order valence-electron chi connectivity index (χ0n) is 16.8. The van der Waals surface area contributed by atoms with Gasteiger partial charge in [0.2, 0.25) is 6.10 Å². The van der Waals surface area contributed by atoms with Crippen molar-refractivity contribution in [2.45, 2.75) is 59.7 Å². The number of ether oxygens (including phenoxy) is 1. The Morgan fingerprint density at radius 2 is 1.43 bits per heavy atom. The summed E-state index contributed by atoms with van der Waals surface area (Å²) in [7, 11) is -4.98. The van der Waals surface area contributed by atoms with Crippen LogP contribution >= 0.6 is 0 Å². The van der Waals surface area contributed by atoms with E-state index in [2.05, 4.69) is 46.3 Å². The Balaban J connectivity index is 3.11. The van der Waals surface area contributed by atoms with Crippen LogP contribution in [0.2, 0.25) is 0 Å². The zero-order chi connectivity index (χ0) is 22.1. The lowest BCUT2D eigenvalue weighted by atomic mass is 9.63. The molecule has 0 saturated carbocycles. The molecule has 9 heteroatoms. The smallest absolute Gasteiger partial charge is 0.426 e. The van der Waals surface area contributed by atoms with Crippen LogP contribution < -0.4 is 0 Å². The van der Waals surface area contributed by atoms with Crippen molar-refractivity contribution in [1.82, 2.24) is 0 Å². The fourth-order valence-corrected chi connectivity index (χ4v) is 4.33. The molecule has 0 aliphatic rings. The first-order chi connectivity index (χ1) is 12.3. The van der Waals surface area contributed by atoms with Crippen molar-refractivity contribution in [3.8, 4) is 0 Å². The van der Waals surface area contributed by atoms with Gasteiger partial charge in [0.25, 0.3) is 10.1 Å². The summed E-state index contributed by atoms with van der Waals surface area (Å²) in [6.45, 7) is 12.5. The standard InChI is InChI=1S/C19H27F3O5S/c1-17(2,3)15(18(4,5)6)12-7-9-13(10-8-12)16(23)27-14(19(20,21)22)11-28(24,25)26/h7-10,14-15H,11H2,1-6H3,(H,24,25,26). The predicted octanol–water partition coefficient (Wildman–Crippen LogP) is 4.84.